The number of piperazine rings is 1. The highest BCUT2D eigenvalue weighted by Gasteiger charge is 2.18. The SMILES string of the molecule is Cc1c(C#Cc2cnc3cnc(-c4ccc(N)cc4)cn23)cccc1C(=O)Nc1cc(C(C)C)cc(N2CCN(C)CC2)c1. The zero-order valence-electron chi connectivity index (χ0n) is 25.6. The molecule has 5 aromatic rings. The Balaban J connectivity index is 1.26. The molecule has 0 atom stereocenters. The second-order valence-corrected chi connectivity index (χ2v) is 11.7. The maximum atomic E-state index is 13.6. The fourth-order valence-electron chi connectivity index (χ4n) is 5.42. The molecule has 0 unspecified atom stereocenters. The molecule has 3 aromatic carbocycles. The van der Waals surface area contributed by atoms with Crippen molar-refractivity contribution in [1.82, 2.24) is 19.3 Å². The van der Waals surface area contributed by atoms with E-state index >= 15 is 0 Å². The van der Waals surface area contributed by atoms with Crippen LogP contribution < -0.4 is 16.0 Å². The lowest BCUT2D eigenvalue weighted by molar-refractivity contribution is 0.102. The minimum Gasteiger partial charge on any atom is -0.399 e. The van der Waals surface area contributed by atoms with Crippen molar-refractivity contribution < 1.29 is 4.79 Å². The smallest absolute Gasteiger partial charge is 0.255 e. The quantitative estimate of drug-likeness (QED) is 0.200. The van der Waals surface area contributed by atoms with E-state index in [0.29, 0.717) is 22.8 Å². The van der Waals surface area contributed by atoms with Gasteiger partial charge in [-0.25, -0.2) is 4.98 Å². The van der Waals surface area contributed by atoms with Crippen molar-refractivity contribution in [3.63, 3.8) is 0 Å². The van der Waals surface area contributed by atoms with E-state index in [1.165, 1.54) is 5.56 Å². The van der Waals surface area contributed by atoms with Crippen LogP contribution in [0.3, 0.4) is 0 Å². The molecule has 2 aromatic heterocycles. The van der Waals surface area contributed by atoms with Crippen LogP contribution in [0.1, 0.15) is 52.5 Å². The summed E-state index contributed by atoms with van der Waals surface area (Å²) in [7, 11) is 2.16. The average Bonchev–Trinajstić information content (AvgIpc) is 3.43. The number of nitrogens with one attached hydrogen (secondary N) is 1. The number of benzene rings is 3. The molecule has 0 bridgehead atoms. The van der Waals surface area contributed by atoms with Gasteiger partial charge >= 0.3 is 0 Å². The molecule has 1 aliphatic rings. The van der Waals surface area contributed by atoms with E-state index in [9.17, 15) is 4.79 Å². The van der Waals surface area contributed by atoms with Crippen molar-refractivity contribution in [2.75, 3.05) is 49.2 Å². The van der Waals surface area contributed by atoms with Gasteiger partial charge in [-0.2, -0.15) is 0 Å². The number of carbonyl (C=O) groups excluding carboxylic acids is 1. The van der Waals surface area contributed by atoms with Crippen molar-refractivity contribution in [2.45, 2.75) is 26.7 Å². The van der Waals surface area contributed by atoms with Crippen molar-refractivity contribution in [2.24, 2.45) is 0 Å². The first-order chi connectivity index (χ1) is 21.2. The zero-order chi connectivity index (χ0) is 30.8. The Bertz CT molecular complexity index is 1890. The maximum Gasteiger partial charge on any atom is 0.255 e. The van der Waals surface area contributed by atoms with Gasteiger partial charge in [-0.15, -0.1) is 0 Å². The first-order valence-electron chi connectivity index (χ1n) is 15.0. The lowest BCUT2D eigenvalue weighted by atomic mass is 10.00. The van der Waals surface area contributed by atoms with Gasteiger partial charge in [-0.3, -0.25) is 14.2 Å². The average molecular weight is 584 g/mol. The first-order valence-corrected chi connectivity index (χ1v) is 15.0. The summed E-state index contributed by atoms with van der Waals surface area (Å²) in [5.41, 5.74) is 15.1. The molecular formula is C36H37N7O. The number of anilines is 3. The summed E-state index contributed by atoms with van der Waals surface area (Å²) >= 11 is 0. The van der Waals surface area contributed by atoms with E-state index in [1.807, 2.05) is 60.0 Å². The third kappa shape index (κ3) is 6.14. The molecule has 0 aliphatic carbocycles. The van der Waals surface area contributed by atoms with Crippen molar-refractivity contribution in [3.05, 3.63) is 107 Å². The van der Waals surface area contributed by atoms with Gasteiger partial charge in [0.1, 0.15) is 5.69 Å². The van der Waals surface area contributed by atoms with Crippen molar-refractivity contribution in [1.29, 1.82) is 0 Å². The number of likely N-dealkylation sites (N-methyl/N-ethyl adjacent to an activating group) is 1. The van der Waals surface area contributed by atoms with Crippen molar-refractivity contribution in [3.8, 4) is 23.1 Å². The Labute approximate surface area is 258 Å². The number of nitrogens with two attached hydrogens (primary N) is 1. The van der Waals surface area contributed by atoms with E-state index in [4.69, 9.17) is 5.73 Å². The summed E-state index contributed by atoms with van der Waals surface area (Å²) in [6.45, 7) is 10.3. The molecule has 0 saturated carbocycles. The van der Waals surface area contributed by atoms with Crippen LogP contribution in [0.5, 0.6) is 0 Å². The molecule has 3 heterocycles. The zero-order valence-corrected chi connectivity index (χ0v) is 25.6. The van der Waals surface area contributed by atoms with Gasteiger partial charge in [0, 0.05) is 66.1 Å². The van der Waals surface area contributed by atoms with E-state index in [0.717, 1.165) is 65.6 Å². The number of aromatic nitrogens is 3. The summed E-state index contributed by atoms with van der Waals surface area (Å²) in [6, 6.07) is 19.7. The van der Waals surface area contributed by atoms with Crippen LogP contribution in [0, 0.1) is 18.8 Å². The number of nitrogen functional groups attached to an aromatic ring is 1. The van der Waals surface area contributed by atoms with Gasteiger partial charge < -0.3 is 20.9 Å². The molecule has 0 radical (unpaired) electrons. The van der Waals surface area contributed by atoms with Crippen LogP contribution in [-0.2, 0) is 0 Å². The predicted molar refractivity (Wildman–Crippen MR) is 178 cm³/mol. The monoisotopic (exact) mass is 583 g/mol. The van der Waals surface area contributed by atoms with E-state index in [2.05, 4.69) is 76.0 Å². The maximum absolute atomic E-state index is 13.6. The molecule has 8 nitrogen and oxygen atoms in total. The largest absolute Gasteiger partial charge is 0.399 e. The third-order valence-electron chi connectivity index (χ3n) is 8.24. The number of hydrogen-bond donors (Lipinski definition) is 2. The van der Waals surface area contributed by atoms with E-state index in [-0.39, 0.29) is 5.91 Å². The van der Waals surface area contributed by atoms with E-state index < -0.39 is 0 Å². The summed E-state index contributed by atoms with van der Waals surface area (Å²) in [6.07, 6.45) is 5.40. The topological polar surface area (TPSA) is 91.8 Å². The van der Waals surface area contributed by atoms with E-state index in [1.54, 1.807) is 12.4 Å². The molecule has 44 heavy (non-hydrogen) atoms. The number of amides is 1. The van der Waals surface area contributed by atoms with Crippen LogP contribution >= 0.6 is 0 Å². The van der Waals surface area contributed by atoms with Gasteiger partial charge in [-0.1, -0.05) is 38.0 Å². The fourth-order valence-corrected chi connectivity index (χ4v) is 5.42. The summed E-state index contributed by atoms with van der Waals surface area (Å²) in [4.78, 5) is 27.3. The number of rotatable bonds is 5. The lowest BCUT2D eigenvalue weighted by Gasteiger charge is -2.34. The highest BCUT2D eigenvalue weighted by Crippen LogP contribution is 2.28. The van der Waals surface area contributed by atoms with Gasteiger partial charge in [-0.05, 0) is 79.4 Å². The Morgan fingerprint density at radius 2 is 1.73 bits per heavy atom. The highest BCUT2D eigenvalue weighted by atomic mass is 16.1. The molecule has 1 saturated heterocycles. The molecule has 3 N–H and O–H groups in total. The summed E-state index contributed by atoms with van der Waals surface area (Å²) in [5.74, 6) is 6.73. The third-order valence-corrected chi connectivity index (χ3v) is 8.24. The Hall–Kier alpha value is -5.13. The predicted octanol–water partition coefficient (Wildman–Crippen LogP) is 5.81. The van der Waals surface area contributed by atoms with Gasteiger partial charge in [0.2, 0.25) is 0 Å². The number of carbonyl (C=O) groups is 1. The molecule has 8 heteroatoms. The second kappa shape index (κ2) is 12.2. The normalized spacial score (nSPS) is 13.6. The Morgan fingerprint density at radius 3 is 2.48 bits per heavy atom. The first kappa shape index (κ1) is 29.0. The Morgan fingerprint density at radius 1 is 0.955 bits per heavy atom. The van der Waals surface area contributed by atoms with Crippen LogP contribution in [0.15, 0.2) is 79.3 Å². The molecule has 1 amide bonds. The summed E-state index contributed by atoms with van der Waals surface area (Å²) in [5, 5.41) is 3.18. The number of imidazole rings is 1. The lowest BCUT2D eigenvalue weighted by Crippen LogP contribution is -2.44. The molecule has 0 spiro atoms. The number of hydrogen-bond acceptors (Lipinski definition) is 6. The van der Waals surface area contributed by atoms with Crippen LogP contribution in [-0.4, -0.2) is 58.4 Å². The van der Waals surface area contributed by atoms with Crippen LogP contribution in [0.2, 0.25) is 0 Å². The molecular weight excluding hydrogens is 546 g/mol. The van der Waals surface area contributed by atoms with Gasteiger partial charge in [0.05, 0.1) is 18.1 Å². The highest BCUT2D eigenvalue weighted by molar-refractivity contribution is 6.06. The Kier molecular flexibility index (Phi) is 8.05. The van der Waals surface area contributed by atoms with Gasteiger partial charge in [0.15, 0.2) is 5.65 Å². The summed E-state index contributed by atoms with van der Waals surface area (Å²) < 4.78 is 1.93. The molecule has 1 aliphatic heterocycles. The second-order valence-electron chi connectivity index (χ2n) is 11.7. The van der Waals surface area contributed by atoms with Crippen LogP contribution in [0.4, 0.5) is 17.1 Å². The van der Waals surface area contributed by atoms with Gasteiger partial charge in [0.25, 0.3) is 5.91 Å². The number of fused-ring (bicyclic) bond motifs is 1. The van der Waals surface area contributed by atoms with Crippen molar-refractivity contribution >= 4 is 28.6 Å². The molecule has 222 valence electrons. The van der Waals surface area contributed by atoms with Crippen LogP contribution in [0.25, 0.3) is 16.9 Å². The fraction of sp³-hybridized carbons (Fsp3) is 0.250. The molecule has 6 rings (SSSR count). The number of nitrogens with zero attached hydrogens (tertiary/aromatic N) is 5. The minimum absolute atomic E-state index is 0.148. The minimum atomic E-state index is -0.148. The standard InChI is InChI=1S/C36H37N7O/c1-24(2)28-18-30(20-32(19-28)42-16-14-41(4)15-17-42)40-36(44)33-7-5-6-26(25(33)3)10-13-31-21-39-35-22-38-34(23-43(31)35)27-8-11-29(37)12-9-27/h5-9,11-12,18-24H,14-17,37H2,1-4H3,(H,40,44). The molecule has 1 fully saturated rings.